The Labute approximate surface area is 171 Å². The molecule has 4 rings (SSSR count). The van der Waals surface area contributed by atoms with E-state index in [-0.39, 0.29) is 0 Å². The van der Waals surface area contributed by atoms with Crippen LogP contribution in [0.5, 0.6) is 0 Å². The SMILES string of the molecule is CCCCCc1nc(N)c2ncc(Cc3cnc(N4CCNCC4)c(C)c3)n2n1. The highest BCUT2D eigenvalue weighted by atomic mass is 15.3. The third-order valence-electron chi connectivity index (χ3n) is 5.42. The summed E-state index contributed by atoms with van der Waals surface area (Å²) in [4.78, 5) is 16.0. The Kier molecular flexibility index (Phi) is 5.89. The Morgan fingerprint density at radius 3 is 2.72 bits per heavy atom. The third-order valence-corrected chi connectivity index (χ3v) is 5.42. The molecule has 1 saturated heterocycles. The van der Waals surface area contributed by atoms with Gasteiger partial charge in [0.05, 0.1) is 11.9 Å². The number of piperazine rings is 1. The topological polar surface area (TPSA) is 97.3 Å². The van der Waals surface area contributed by atoms with Crippen LogP contribution in [-0.4, -0.2) is 50.7 Å². The minimum Gasteiger partial charge on any atom is -0.380 e. The number of nitrogens with two attached hydrogens (primary N) is 1. The fourth-order valence-electron chi connectivity index (χ4n) is 3.89. The lowest BCUT2D eigenvalue weighted by Crippen LogP contribution is -2.44. The highest BCUT2D eigenvalue weighted by Crippen LogP contribution is 2.21. The second-order valence-electron chi connectivity index (χ2n) is 7.75. The Balaban J connectivity index is 1.56. The fourth-order valence-corrected chi connectivity index (χ4v) is 3.89. The molecule has 8 heteroatoms. The first-order valence-corrected chi connectivity index (χ1v) is 10.6. The van der Waals surface area contributed by atoms with Gasteiger partial charge in [0.2, 0.25) is 0 Å². The first kappa shape index (κ1) is 19.6. The number of nitrogens with one attached hydrogen (secondary N) is 1. The van der Waals surface area contributed by atoms with E-state index in [4.69, 9.17) is 15.8 Å². The molecule has 0 amide bonds. The maximum atomic E-state index is 6.14. The summed E-state index contributed by atoms with van der Waals surface area (Å²) in [6.07, 6.45) is 8.77. The van der Waals surface area contributed by atoms with Crippen molar-refractivity contribution < 1.29 is 0 Å². The number of aromatic nitrogens is 5. The molecule has 1 aliphatic heterocycles. The number of hydrogen-bond donors (Lipinski definition) is 2. The molecule has 4 heterocycles. The summed E-state index contributed by atoms with van der Waals surface area (Å²) in [7, 11) is 0. The average molecular weight is 395 g/mol. The van der Waals surface area contributed by atoms with Crippen LogP contribution in [0.3, 0.4) is 0 Å². The van der Waals surface area contributed by atoms with Crippen molar-refractivity contribution in [3.63, 3.8) is 0 Å². The molecular formula is C21H30N8. The zero-order valence-electron chi connectivity index (χ0n) is 17.4. The van der Waals surface area contributed by atoms with Crippen LogP contribution >= 0.6 is 0 Å². The second-order valence-corrected chi connectivity index (χ2v) is 7.75. The van der Waals surface area contributed by atoms with Gasteiger partial charge >= 0.3 is 0 Å². The van der Waals surface area contributed by atoms with Crippen molar-refractivity contribution in [2.45, 2.75) is 46.0 Å². The summed E-state index contributed by atoms with van der Waals surface area (Å²) in [6.45, 7) is 8.33. The van der Waals surface area contributed by atoms with Crippen LogP contribution in [0.1, 0.15) is 48.8 Å². The molecule has 3 N–H and O–H groups in total. The van der Waals surface area contributed by atoms with Crippen LogP contribution in [0.4, 0.5) is 11.6 Å². The van der Waals surface area contributed by atoms with E-state index in [0.29, 0.717) is 17.9 Å². The molecule has 0 atom stereocenters. The number of nitrogens with zero attached hydrogens (tertiary/aromatic N) is 6. The van der Waals surface area contributed by atoms with Crippen LogP contribution in [-0.2, 0) is 12.8 Å². The Morgan fingerprint density at radius 1 is 1.14 bits per heavy atom. The Hall–Kier alpha value is -2.74. The molecular weight excluding hydrogens is 364 g/mol. The highest BCUT2D eigenvalue weighted by Gasteiger charge is 2.16. The Bertz CT molecular complexity index is 974. The number of hydrogen-bond acceptors (Lipinski definition) is 7. The van der Waals surface area contributed by atoms with E-state index in [0.717, 1.165) is 61.9 Å². The van der Waals surface area contributed by atoms with Crippen molar-refractivity contribution in [3.8, 4) is 0 Å². The van der Waals surface area contributed by atoms with Gasteiger partial charge in [0.1, 0.15) is 5.82 Å². The molecule has 3 aromatic rings. The van der Waals surface area contributed by atoms with E-state index in [1.807, 2.05) is 16.9 Å². The number of anilines is 2. The molecule has 0 bridgehead atoms. The molecule has 29 heavy (non-hydrogen) atoms. The molecule has 0 radical (unpaired) electrons. The van der Waals surface area contributed by atoms with Crippen molar-refractivity contribution in [1.29, 1.82) is 0 Å². The maximum Gasteiger partial charge on any atom is 0.196 e. The monoisotopic (exact) mass is 394 g/mol. The lowest BCUT2D eigenvalue weighted by atomic mass is 10.1. The molecule has 1 fully saturated rings. The van der Waals surface area contributed by atoms with Crippen molar-refractivity contribution in [1.82, 2.24) is 29.9 Å². The van der Waals surface area contributed by atoms with Gasteiger partial charge in [-0.3, -0.25) is 0 Å². The maximum absolute atomic E-state index is 6.14. The van der Waals surface area contributed by atoms with E-state index in [2.05, 4.69) is 40.1 Å². The highest BCUT2D eigenvalue weighted by molar-refractivity contribution is 5.59. The number of pyridine rings is 1. The van der Waals surface area contributed by atoms with Gasteiger partial charge in [-0.15, -0.1) is 0 Å². The number of imidazole rings is 1. The first-order chi connectivity index (χ1) is 14.2. The average Bonchev–Trinajstić information content (AvgIpc) is 3.12. The normalized spacial score (nSPS) is 14.6. The van der Waals surface area contributed by atoms with Gasteiger partial charge in [0.15, 0.2) is 17.3 Å². The van der Waals surface area contributed by atoms with Crippen LogP contribution in [0.25, 0.3) is 5.65 Å². The molecule has 0 unspecified atom stereocenters. The summed E-state index contributed by atoms with van der Waals surface area (Å²) in [5.74, 6) is 2.31. The van der Waals surface area contributed by atoms with E-state index in [1.54, 1.807) is 0 Å². The van der Waals surface area contributed by atoms with Crippen molar-refractivity contribution >= 4 is 17.3 Å². The molecule has 154 valence electrons. The number of aryl methyl sites for hydroxylation is 2. The summed E-state index contributed by atoms with van der Waals surface area (Å²) >= 11 is 0. The zero-order valence-corrected chi connectivity index (χ0v) is 17.4. The lowest BCUT2D eigenvalue weighted by Gasteiger charge is -2.29. The smallest absolute Gasteiger partial charge is 0.196 e. The minimum absolute atomic E-state index is 0.445. The summed E-state index contributed by atoms with van der Waals surface area (Å²) in [5.41, 5.74) is 10.1. The van der Waals surface area contributed by atoms with Gasteiger partial charge in [-0.2, -0.15) is 5.10 Å². The van der Waals surface area contributed by atoms with Crippen LogP contribution in [0.2, 0.25) is 0 Å². The molecule has 0 aliphatic carbocycles. The molecule has 0 saturated carbocycles. The molecule has 3 aromatic heterocycles. The van der Waals surface area contributed by atoms with Gasteiger partial charge in [-0.1, -0.05) is 25.8 Å². The zero-order chi connectivity index (χ0) is 20.2. The number of fused-ring (bicyclic) bond motifs is 1. The number of rotatable bonds is 7. The van der Waals surface area contributed by atoms with Gasteiger partial charge in [0, 0.05) is 45.2 Å². The summed E-state index contributed by atoms with van der Waals surface area (Å²) in [5, 5.41) is 8.09. The van der Waals surface area contributed by atoms with E-state index in [9.17, 15) is 0 Å². The lowest BCUT2D eigenvalue weighted by molar-refractivity contribution is 0.584. The van der Waals surface area contributed by atoms with E-state index in [1.165, 1.54) is 18.4 Å². The van der Waals surface area contributed by atoms with Crippen molar-refractivity contribution in [2.75, 3.05) is 36.8 Å². The predicted molar refractivity (Wildman–Crippen MR) is 115 cm³/mol. The van der Waals surface area contributed by atoms with E-state index >= 15 is 0 Å². The van der Waals surface area contributed by atoms with Gasteiger partial charge in [-0.25, -0.2) is 19.5 Å². The fraction of sp³-hybridized carbons (Fsp3) is 0.524. The van der Waals surface area contributed by atoms with Crippen LogP contribution in [0, 0.1) is 6.92 Å². The molecule has 0 spiro atoms. The summed E-state index contributed by atoms with van der Waals surface area (Å²) in [6, 6.07) is 2.22. The van der Waals surface area contributed by atoms with E-state index < -0.39 is 0 Å². The third kappa shape index (κ3) is 4.32. The van der Waals surface area contributed by atoms with Gasteiger partial charge in [0.25, 0.3) is 0 Å². The van der Waals surface area contributed by atoms with Crippen molar-refractivity contribution in [2.24, 2.45) is 0 Å². The number of nitrogen functional groups attached to an aromatic ring is 1. The molecule has 8 nitrogen and oxygen atoms in total. The standard InChI is InChI=1S/C21H30N8/c1-3-4-5-6-18-26-19(22)21-25-14-17(29(21)27-18)12-16-11-15(2)20(24-13-16)28-9-7-23-8-10-28/h11,13-14,23H,3-10,12H2,1-2H3,(H2,22,26,27). The number of unbranched alkanes of at least 4 members (excludes halogenated alkanes) is 2. The quantitative estimate of drug-likeness (QED) is 0.593. The predicted octanol–water partition coefficient (Wildman–Crippen LogP) is 2.14. The van der Waals surface area contributed by atoms with Gasteiger partial charge in [-0.05, 0) is 24.5 Å². The first-order valence-electron chi connectivity index (χ1n) is 10.6. The van der Waals surface area contributed by atoms with Gasteiger partial charge < -0.3 is 16.0 Å². The molecule has 1 aliphatic rings. The van der Waals surface area contributed by atoms with Crippen molar-refractivity contribution in [3.05, 3.63) is 41.1 Å². The largest absolute Gasteiger partial charge is 0.380 e. The van der Waals surface area contributed by atoms with Crippen LogP contribution in [0.15, 0.2) is 18.5 Å². The molecule has 0 aromatic carbocycles. The van der Waals surface area contributed by atoms with Crippen LogP contribution < -0.4 is 16.0 Å². The second kappa shape index (κ2) is 8.73. The Morgan fingerprint density at radius 2 is 1.97 bits per heavy atom. The minimum atomic E-state index is 0.445. The summed E-state index contributed by atoms with van der Waals surface area (Å²) < 4.78 is 1.85.